The number of benzene rings is 1. The van der Waals surface area contributed by atoms with Crippen LogP contribution in [-0.4, -0.2) is 29.9 Å². The average molecular weight is 333 g/mol. The van der Waals surface area contributed by atoms with Crippen LogP contribution in [0.1, 0.15) is 46.8 Å². The fraction of sp³-hybridized carbons (Fsp3) is 0.333. The Balaban J connectivity index is 0.000000463. The maximum Gasteiger partial charge on any atom is 0.311 e. The molecular formula is C18H23NO3S. The highest BCUT2D eigenvalue weighted by atomic mass is 32.1. The van der Waals surface area contributed by atoms with Crippen molar-refractivity contribution in [3.8, 4) is 0 Å². The number of carbonyl (C=O) groups is 2. The average Bonchev–Trinajstić information content (AvgIpc) is 3.05. The number of thiophene rings is 1. The topological polar surface area (TPSA) is 66.4 Å². The van der Waals surface area contributed by atoms with E-state index >= 15 is 0 Å². The second-order valence-electron chi connectivity index (χ2n) is 4.91. The number of hydrogen-bond acceptors (Lipinski definition) is 4. The molecule has 4 nitrogen and oxygen atoms in total. The summed E-state index contributed by atoms with van der Waals surface area (Å²) in [6.07, 6.45) is 0. The molecule has 2 rings (SSSR count). The highest BCUT2D eigenvalue weighted by Gasteiger charge is 2.18. The van der Waals surface area contributed by atoms with E-state index in [1.165, 1.54) is 11.3 Å². The van der Waals surface area contributed by atoms with Crippen molar-refractivity contribution in [2.75, 3.05) is 13.1 Å². The molecule has 124 valence electrons. The van der Waals surface area contributed by atoms with Crippen molar-refractivity contribution in [3.05, 3.63) is 57.8 Å². The molecule has 0 amide bonds. The first-order valence-corrected chi connectivity index (χ1v) is 8.45. The third-order valence-corrected chi connectivity index (χ3v) is 4.45. The highest BCUT2D eigenvalue weighted by Crippen LogP contribution is 2.26. The molecular weight excluding hydrogens is 310 g/mol. The van der Waals surface area contributed by atoms with Gasteiger partial charge in [-0.1, -0.05) is 44.2 Å². The predicted octanol–water partition coefficient (Wildman–Crippen LogP) is 3.78. The van der Waals surface area contributed by atoms with E-state index in [-0.39, 0.29) is 5.78 Å². The van der Waals surface area contributed by atoms with Crippen LogP contribution in [0, 0.1) is 0 Å². The Morgan fingerprint density at radius 3 is 2.17 bits per heavy atom. The van der Waals surface area contributed by atoms with Crippen LogP contribution in [-0.2, 0) is 4.79 Å². The van der Waals surface area contributed by atoms with E-state index in [2.05, 4.69) is 19.2 Å². The fourth-order valence-corrected chi connectivity index (χ4v) is 2.83. The van der Waals surface area contributed by atoms with E-state index in [1.807, 2.05) is 18.2 Å². The van der Waals surface area contributed by atoms with Crippen LogP contribution in [0.5, 0.6) is 0 Å². The third kappa shape index (κ3) is 5.96. The Hall–Kier alpha value is -1.98. The van der Waals surface area contributed by atoms with Crippen molar-refractivity contribution >= 4 is 23.1 Å². The van der Waals surface area contributed by atoms with Gasteiger partial charge in [0.1, 0.15) is 0 Å². The predicted molar refractivity (Wildman–Crippen MR) is 94.5 cm³/mol. The number of hydrogen-bond donors (Lipinski definition) is 2. The summed E-state index contributed by atoms with van der Waals surface area (Å²) in [6, 6.07) is 12.4. The van der Waals surface area contributed by atoms with Crippen molar-refractivity contribution < 1.29 is 14.7 Å². The smallest absolute Gasteiger partial charge is 0.311 e. The Bertz CT molecular complexity index is 620. The summed E-state index contributed by atoms with van der Waals surface area (Å²) in [4.78, 5) is 24.3. The minimum Gasteiger partial charge on any atom is -0.481 e. The number of nitrogens with one attached hydrogen (secondary N) is 1. The molecule has 1 unspecified atom stereocenters. The van der Waals surface area contributed by atoms with E-state index < -0.39 is 11.9 Å². The number of carboxylic acids is 1. The molecule has 0 saturated heterocycles. The van der Waals surface area contributed by atoms with Gasteiger partial charge in [-0.15, -0.1) is 11.3 Å². The van der Waals surface area contributed by atoms with Crippen molar-refractivity contribution in [3.63, 3.8) is 0 Å². The molecule has 23 heavy (non-hydrogen) atoms. The zero-order chi connectivity index (χ0) is 17.2. The van der Waals surface area contributed by atoms with Gasteiger partial charge in [-0.2, -0.15) is 0 Å². The van der Waals surface area contributed by atoms with Crippen LogP contribution in [0.15, 0.2) is 42.5 Å². The van der Waals surface area contributed by atoms with E-state index in [0.717, 1.165) is 13.1 Å². The SMILES string of the molecule is CC(C(=O)O)c1ccc(C(=O)c2ccccc2)s1.CCNCC. The summed E-state index contributed by atoms with van der Waals surface area (Å²) < 4.78 is 0. The Labute approximate surface area is 141 Å². The van der Waals surface area contributed by atoms with Crippen LogP contribution in [0.2, 0.25) is 0 Å². The summed E-state index contributed by atoms with van der Waals surface area (Å²) in [5.74, 6) is -1.52. The van der Waals surface area contributed by atoms with Crippen LogP contribution in [0.25, 0.3) is 0 Å². The third-order valence-electron chi connectivity index (χ3n) is 3.18. The zero-order valence-corrected chi connectivity index (χ0v) is 14.5. The number of rotatable bonds is 6. The molecule has 5 heteroatoms. The van der Waals surface area contributed by atoms with Gasteiger partial charge in [0, 0.05) is 10.4 Å². The Morgan fingerprint density at radius 2 is 1.70 bits per heavy atom. The molecule has 2 aromatic rings. The molecule has 1 aromatic heterocycles. The number of carbonyl (C=O) groups excluding carboxylic acids is 1. The molecule has 0 saturated carbocycles. The molecule has 1 aromatic carbocycles. The van der Waals surface area contributed by atoms with Gasteiger partial charge in [0.2, 0.25) is 5.78 Å². The van der Waals surface area contributed by atoms with Gasteiger partial charge in [-0.05, 0) is 32.1 Å². The van der Waals surface area contributed by atoms with Crippen LogP contribution in [0.3, 0.4) is 0 Å². The summed E-state index contributed by atoms with van der Waals surface area (Å²) in [7, 11) is 0. The van der Waals surface area contributed by atoms with Crippen molar-refractivity contribution in [1.29, 1.82) is 0 Å². The van der Waals surface area contributed by atoms with Gasteiger partial charge in [-0.3, -0.25) is 9.59 Å². The molecule has 0 aliphatic carbocycles. The number of ketones is 1. The van der Waals surface area contributed by atoms with Gasteiger partial charge in [-0.25, -0.2) is 0 Å². The lowest BCUT2D eigenvalue weighted by molar-refractivity contribution is -0.138. The van der Waals surface area contributed by atoms with Crippen LogP contribution in [0.4, 0.5) is 0 Å². The molecule has 1 atom stereocenters. The molecule has 0 bridgehead atoms. The zero-order valence-electron chi connectivity index (χ0n) is 13.7. The van der Waals surface area contributed by atoms with E-state index in [4.69, 9.17) is 5.11 Å². The Kier molecular flexibility index (Phi) is 8.22. The fourth-order valence-electron chi connectivity index (χ4n) is 1.81. The number of carboxylic acid groups (broad SMARTS) is 1. The van der Waals surface area contributed by atoms with Gasteiger partial charge in [0.25, 0.3) is 0 Å². The quantitative estimate of drug-likeness (QED) is 0.790. The largest absolute Gasteiger partial charge is 0.481 e. The summed E-state index contributed by atoms with van der Waals surface area (Å²) in [5.41, 5.74) is 0.619. The molecule has 0 aliphatic rings. The van der Waals surface area contributed by atoms with Crippen LogP contribution < -0.4 is 5.32 Å². The molecule has 0 aliphatic heterocycles. The monoisotopic (exact) mass is 333 g/mol. The number of aliphatic carboxylic acids is 1. The lowest BCUT2D eigenvalue weighted by Gasteiger charge is -2.01. The Morgan fingerprint density at radius 1 is 1.09 bits per heavy atom. The van der Waals surface area contributed by atoms with Gasteiger partial charge < -0.3 is 10.4 Å². The summed E-state index contributed by atoms with van der Waals surface area (Å²) in [5, 5.41) is 12.0. The van der Waals surface area contributed by atoms with E-state index in [9.17, 15) is 9.59 Å². The van der Waals surface area contributed by atoms with Gasteiger partial charge in [0.05, 0.1) is 10.8 Å². The molecule has 0 radical (unpaired) electrons. The van der Waals surface area contributed by atoms with Crippen molar-refractivity contribution in [2.45, 2.75) is 26.7 Å². The standard InChI is InChI=1S/C14H12O3S.C4H11N/c1-9(14(16)17)11-7-8-12(18-11)13(15)10-5-3-2-4-6-10;1-3-5-4-2/h2-9H,1H3,(H,16,17);5H,3-4H2,1-2H3. The first kappa shape index (κ1) is 19.1. The summed E-state index contributed by atoms with van der Waals surface area (Å²) >= 11 is 1.24. The first-order chi connectivity index (χ1) is 11.0. The van der Waals surface area contributed by atoms with Crippen molar-refractivity contribution in [2.24, 2.45) is 0 Å². The lowest BCUT2D eigenvalue weighted by Crippen LogP contribution is -2.09. The lowest BCUT2D eigenvalue weighted by atomic mass is 10.1. The maximum atomic E-state index is 12.1. The van der Waals surface area contributed by atoms with Gasteiger partial charge >= 0.3 is 5.97 Å². The minimum atomic E-state index is -0.879. The van der Waals surface area contributed by atoms with E-state index in [1.54, 1.807) is 31.2 Å². The normalized spacial score (nSPS) is 11.3. The van der Waals surface area contributed by atoms with Crippen molar-refractivity contribution in [1.82, 2.24) is 5.32 Å². The molecule has 1 heterocycles. The second-order valence-corrected chi connectivity index (χ2v) is 6.03. The highest BCUT2D eigenvalue weighted by molar-refractivity contribution is 7.14. The minimum absolute atomic E-state index is 0.0653. The maximum absolute atomic E-state index is 12.1. The van der Waals surface area contributed by atoms with Gasteiger partial charge in [0.15, 0.2) is 0 Å². The molecule has 0 fully saturated rings. The second kappa shape index (κ2) is 9.92. The van der Waals surface area contributed by atoms with E-state index in [0.29, 0.717) is 15.3 Å². The molecule has 0 spiro atoms. The summed E-state index contributed by atoms with van der Waals surface area (Å²) in [6.45, 7) is 8.00. The first-order valence-electron chi connectivity index (χ1n) is 7.64. The van der Waals surface area contributed by atoms with Crippen LogP contribution >= 0.6 is 11.3 Å². The molecule has 2 N–H and O–H groups in total.